The van der Waals surface area contributed by atoms with E-state index < -0.39 is 0 Å². The summed E-state index contributed by atoms with van der Waals surface area (Å²) in [6.45, 7) is 4.79. The van der Waals surface area contributed by atoms with Crippen LogP contribution in [0.4, 0.5) is 11.4 Å². The van der Waals surface area contributed by atoms with Crippen molar-refractivity contribution in [3.63, 3.8) is 0 Å². The summed E-state index contributed by atoms with van der Waals surface area (Å²) in [6, 6.07) is 11.6. The topological polar surface area (TPSA) is 52.5 Å². The summed E-state index contributed by atoms with van der Waals surface area (Å²) in [7, 11) is 2.01. The van der Waals surface area contributed by atoms with Crippen LogP contribution in [0.15, 0.2) is 46.4 Å². The second-order valence-electron chi connectivity index (χ2n) is 6.53. The zero-order chi connectivity index (χ0) is 19.5. The first-order valence-electron chi connectivity index (χ1n) is 9.26. The Morgan fingerprint density at radius 1 is 1.32 bits per heavy atom. The van der Waals surface area contributed by atoms with Crippen LogP contribution in [0.25, 0.3) is 0 Å². The molecule has 8 heteroatoms. The summed E-state index contributed by atoms with van der Waals surface area (Å²) in [5, 5.41) is 0.548. The smallest absolute Gasteiger partial charge is 0.148 e. The van der Waals surface area contributed by atoms with Gasteiger partial charge in [-0.1, -0.05) is 24.6 Å². The number of fused-ring (bicyclic) bond motifs is 3. The predicted octanol–water partition coefficient (Wildman–Crippen LogP) is 5.18. The van der Waals surface area contributed by atoms with Gasteiger partial charge in [-0.2, -0.15) is 0 Å². The Morgan fingerprint density at radius 2 is 2.21 bits per heavy atom. The van der Waals surface area contributed by atoms with Gasteiger partial charge in [0, 0.05) is 37.3 Å². The normalized spacial score (nSPS) is 15.1. The van der Waals surface area contributed by atoms with E-state index in [9.17, 15) is 0 Å². The van der Waals surface area contributed by atoms with Crippen molar-refractivity contribution in [2.24, 2.45) is 9.98 Å². The maximum Gasteiger partial charge on any atom is 0.148 e. The Bertz CT molecular complexity index is 933. The molecule has 0 fully saturated rings. The third-order valence-electron chi connectivity index (χ3n) is 4.58. The average molecular weight is 416 g/mol. The van der Waals surface area contributed by atoms with Gasteiger partial charge in [0.2, 0.25) is 0 Å². The van der Waals surface area contributed by atoms with Crippen LogP contribution in [0.3, 0.4) is 0 Å². The van der Waals surface area contributed by atoms with E-state index in [0.29, 0.717) is 16.5 Å². The molecule has 0 saturated heterocycles. The number of nitrogens with zero attached hydrogens (tertiary/aromatic N) is 4. The first-order chi connectivity index (χ1) is 13.7. The van der Waals surface area contributed by atoms with Gasteiger partial charge >= 0.3 is 0 Å². The van der Waals surface area contributed by atoms with Gasteiger partial charge in [0.05, 0.1) is 17.7 Å². The molecule has 2 aliphatic rings. The number of rotatable bonds is 6. The van der Waals surface area contributed by atoms with E-state index in [2.05, 4.69) is 30.8 Å². The molecule has 0 saturated carbocycles. The fourth-order valence-corrected chi connectivity index (χ4v) is 3.79. The van der Waals surface area contributed by atoms with Gasteiger partial charge in [0.1, 0.15) is 22.4 Å². The van der Waals surface area contributed by atoms with Gasteiger partial charge in [-0.05, 0) is 43.8 Å². The number of amidine groups is 1. The molecule has 0 spiro atoms. The lowest BCUT2D eigenvalue weighted by molar-refractivity contribution is 0.482. The van der Waals surface area contributed by atoms with Crippen molar-refractivity contribution in [1.29, 1.82) is 0 Å². The summed E-state index contributed by atoms with van der Waals surface area (Å²) in [6.07, 6.45) is 2.90. The second-order valence-corrected chi connectivity index (χ2v) is 7.92. The lowest BCUT2D eigenvalue weighted by Gasteiger charge is -2.29. The highest BCUT2D eigenvalue weighted by Gasteiger charge is 2.22. The van der Waals surface area contributed by atoms with Gasteiger partial charge < -0.3 is 14.4 Å². The van der Waals surface area contributed by atoms with Gasteiger partial charge in [-0.25, -0.2) is 9.30 Å². The quantitative estimate of drug-likeness (QED) is 0.658. The van der Waals surface area contributed by atoms with Crippen LogP contribution in [0, 0.1) is 0 Å². The molecule has 2 aromatic carbocycles. The third-order valence-corrected chi connectivity index (χ3v) is 5.85. The second kappa shape index (κ2) is 8.43. The largest absolute Gasteiger partial charge is 0.456 e. The zero-order valence-electron chi connectivity index (χ0n) is 15.9. The molecule has 28 heavy (non-hydrogen) atoms. The molecule has 146 valence electrons. The molecular formula is C20H22ClN5OS. The molecule has 0 amide bonds. The van der Waals surface area contributed by atoms with Crippen LogP contribution >= 0.6 is 23.7 Å². The Hall–Kier alpha value is -2.22. The monoisotopic (exact) mass is 415 g/mol. The van der Waals surface area contributed by atoms with E-state index in [1.807, 2.05) is 49.8 Å². The van der Waals surface area contributed by atoms with Crippen molar-refractivity contribution in [2.45, 2.75) is 13.3 Å². The summed E-state index contributed by atoms with van der Waals surface area (Å²) in [4.78, 5) is 11.3. The maximum atomic E-state index is 6.56. The minimum atomic E-state index is 0.548. The molecular weight excluding hydrogens is 394 g/mol. The van der Waals surface area contributed by atoms with E-state index >= 15 is 0 Å². The van der Waals surface area contributed by atoms with E-state index in [1.54, 1.807) is 0 Å². The minimum Gasteiger partial charge on any atom is -0.456 e. The Labute approximate surface area is 174 Å². The molecule has 0 unspecified atom stereocenters. The lowest BCUT2D eigenvalue weighted by atomic mass is 10.1. The fraction of sp³-hybridized carbons (Fsp3) is 0.300. The van der Waals surface area contributed by atoms with Crippen LogP contribution in [-0.2, 0) is 0 Å². The summed E-state index contributed by atoms with van der Waals surface area (Å²) in [5.74, 6) is 2.27. The molecule has 0 radical (unpaired) electrons. The van der Waals surface area contributed by atoms with Crippen molar-refractivity contribution in [3.8, 4) is 11.5 Å². The number of benzene rings is 2. The molecule has 6 nitrogen and oxygen atoms in total. The highest BCUT2D eigenvalue weighted by molar-refractivity contribution is 7.98. The Kier molecular flexibility index (Phi) is 5.75. The van der Waals surface area contributed by atoms with Crippen molar-refractivity contribution in [1.82, 2.24) is 9.21 Å². The number of hydrogen-bond acceptors (Lipinski definition) is 7. The van der Waals surface area contributed by atoms with Crippen LogP contribution in [-0.4, -0.2) is 48.1 Å². The first-order valence-corrected chi connectivity index (χ1v) is 10.4. The summed E-state index contributed by atoms with van der Waals surface area (Å²) in [5.41, 5.74) is 2.71. The number of anilines is 1. The van der Waals surface area contributed by atoms with E-state index in [4.69, 9.17) is 16.3 Å². The van der Waals surface area contributed by atoms with Crippen LogP contribution < -0.4 is 9.46 Å². The predicted molar refractivity (Wildman–Crippen MR) is 118 cm³/mol. The van der Waals surface area contributed by atoms with Crippen LogP contribution in [0.5, 0.6) is 11.5 Å². The number of halogens is 1. The average Bonchev–Trinajstić information content (AvgIpc) is 2.74. The highest BCUT2D eigenvalue weighted by atomic mass is 35.5. The maximum absolute atomic E-state index is 6.56. The Balaban J connectivity index is 1.57. The van der Waals surface area contributed by atoms with Crippen molar-refractivity contribution in [2.75, 3.05) is 31.4 Å². The van der Waals surface area contributed by atoms with E-state index in [0.717, 1.165) is 48.8 Å². The fourth-order valence-electron chi connectivity index (χ4n) is 2.96. The zero-order valence-corrected chi connectivity index (χ0v) is 17.4. The van der Waals surface area contributed by atoms with Gasteiger partial charge in [0.25, 0.3) is 0 Å². The minimum absolute atomic E-state index is 0.548. The van der Waals surface area contributed by atoms with Crippen molar-refractivity contribution >= 4 is 47.3 Å². The van der Waals surface area contributed by atoms with Crippen molar-refractivity contribution in [3.05, 3.63) is 47.0 Å². The number of nitrogens with one attached hydrogen (secondary N) is 1. The molecule has 2 aromatic rings. The molecule has 0 aliphatic carbocycles. The van der Waals surface area contributed by atoms with E-state index in [1.165, 1.54) is 12.1 Å². The van der Waals surface area contributed by atoms with Gasteiger partial charge in [-0.15, -0.1) is 0 Å². The van der Waals surface area contributed by atoms with Gasteiger partial charge in [-0.3, -0.25) is 4.99 Å². The molecule has 2 heterocycles. The lowest BCUT2D eigenvalue weighted by Crippen LogP contribution is -2.36. The first kappa shape index (κ1) is 19.1. The van der Waals surface area contributed by atoms with E-state index in [-0.39, 0.29) is 0 Å². The number of hydrogen-bond donors (Lipinski definition) is 1. The van der Waals surface area contributed by atoms with Gasteiger partial charge in [0.15, 0.2) is 0 Å². The number of ether oxygens (including phenoxy) is 1. The van der Waals surface area contributed by atoms with Crippen molar-refractivity contribution < 1.29 is 4.74 Å². The molecule has 1 N–H and O–H groups in total. The third kappa shape index (κ3) is 3.97. The summed E-state index contributed by atoms with van der Waals surface area (Å²) < 4.78 is 11.4. The standard InChI is InChI=1S/C20H22ClN5OS/c1-3-25(2)28-24-17-6-4-7-18(19(17)21)27-14-8-9-16-15(12-14)20-22-10-5-11-26(20)13-23-16/h4,6-9,12-13,24H,3,5,10-11H2,1-2H3. The summed E-state index contributed by atoms with van der Waals surface area (Å²) >= 11 is 8.06. The van der Waals surface area contributed by atoms with Crippen LogP contribution in [0.2, 0.25) is 5.02 Å². The SMILES string of the molecule is CCN(C)SNc1cccc(Oc2ccc3c(c2)C2=NCCCN2C=N3)c1Cl. The molecule has 0 atom stereocenters. The molecule has 2 aliphatic heterocycles. The number of aliphatic imine (C=N–C) groups is 2. The molecule has 0 bridgehead atoms. The molecule has 0 aromatic heterocycles. The highest BCUT2D eigenvalue weighted by Crippen LogP contribution is 2.38. The Morgan fingerprint density at radius 3 is 3.07 bits per heavy atom. The van der Waals surface area contributed by atoms with Crippen LogP contribution in [0.1, 0.15) is 18.9 Å². The molecule has 4 rings (SSSR count).